The Bertz CT molecular complexity index is 680. The fraction of sp³-hybridized carbons (Fsp3) is 0.222. The average molecular weight is 296 g/mol. The van der Waals surface area contributed by atoms with Crippen LogP contribution >= 0.6 is 0 Å². The van der Waals surface area contributed by atoms with E-state index in [1.54, 1.807) is 36.7 Å². The van der Waals surface area contributed by atoms with Gasteiger partial charge >= 0.3 is 0 Å². The highest BCUT2D eigenvalue weighted by molar-refractivity contribution is 5.92. The SMILES string of the molecule is O=C(/C=C/c1ccccc1F)N(Cc1ccncc1)C1CC1. The quantitative estimate of drug-likeness (QED) is 0.792. The summed E-state index contributed by atoms with van der Waals surface area (Å²) in [5, 5.41) is 0. The third-order valence-corrected chi connectivity index (χ3v) is 3.68. The molecule has 1 aliphatic carbocycles. The summed E-state index contributed by atoms with van der Waals surface area (Å²) < 4.78 is 13.6. The number of aromatic nitrogens is 1. The number of benzene rings is 1. The molecule has 0 spiro atoms. The first-order valence-corrected chi connectivity index (χ1v) is 7.36. The van der Waals surface area contributed by atoms with Crippen molar-refractivity contribution in [2.75, 3.05) is 0 Å². The third kappa shape index (κ3) is 3.58. The molecule has 0 atom stereocenters. The second-order valence-corrected chi connectivity index (χ2v) is 5.41. The van der Waals surface area contributed by atoms with E-state index in [1.807, 2.05) is 17.0 Å². The van der Waals surface area contributed by atoms with Gasteiger partial charge in [0.1, 0.15) is 5.82 Å². The fourth-order valence-corrected chi connectivity index (χ4v) is 2.33. The van der Waals surface area contributed by atoms with E-state index < -0.39 is 0 Å². The van der Waals surface area contributed by atoms with Gasteiger partial charge in [-0.3, -0.25) is 9.78 Å². The number of pyridine rings is 1. The van der Waals surface area contributed by atoms with Gasteiger partial charge in [-0.25, -0.2) is 4.39 Å². The van der Waals surface area contributed by atoms with Gasteiger partial charge in [0.05, 0.1) is 0 Å². The lowest BCUT2D eigenvalue weighted by Crippen LogP contribution is -2.31. The van der Waals surface area contributed by atoms with Crippen molar-refractivity contribution in [3.05, 3.63) is 71.8 Å². The van der Waals surface area contributed by atoms with Crippen molar-refractivity contribution >= 4 is 12.0 Å². The Morgan fingerprint density at radius 3 is 2.64 bits per heavy atom. The van der Waals surface area contributed by atoms with Crippen LogP contribution in [-0.2, 0) is 11.3 Å². The van der Waals surface area contributed by atoms with Crippen LogP contribution in [0.25, 0.3) is 6.08 Å². The van der Waals surface area contributed by atoms with E-state index >= 15 is 0 Å². The summed E-state index contributed by atoms with van der Waals surface area (Å²) in [5.41, 5.74) is 1.48. The van der Waals surface area contributed by atoms with Gasteiger partial charge in [0, 0.05) is 36.6 Å². The van der Waals surface area contributed by atoms with Crippen molar-refractivity contribution in [3.8, 4) is 0 Å². The van der Waals surface area contributed by atoms with E-state index in [0.29, 0.717) is 18.2 Å². The Balaban J connectivity index is 1.72. The van der Waals surface area contributed by atoms with E-state index in [2.05, 4.69) is 4.98 Å². The molecule has 2 aromatic rings. The Labute approximate surface area is 129 Å². The van der Waals surface area contributed by atoms with Crippen LogP contribution < -0.4 is 0 Å². The van der Waals surface area contributed by atoms with Crippen LogP contribution in [0.4, 0.5) is 4.39 Å². The molecule has 3 nitrogen and oxygen atoms in total. The van der Waals surface area contributed by atoms with Gasteiger partial charge in [-0.2, -0.15) is 0 Å². The highest BCUT2D eigenvalue weighted by atomic mass is 19.1. The van der Waals surface area contributed by atoms with Crippen molar-refractivity contribution in [1.29, 1.82) is 0 Å². The molecule has 4 heteroatoms. The van der Waals surface area contributed by atoms with Crippen molar-refractivity contribution in [1.82, 2.24) is 9.88 Å². The minimum absolute atomic E-state index is 0.0810. The highest BCUT2D eigenvalue weighted by Gasteiger charge is 2.31. The van der Waals surface area contributed by atoms with E-state index in [1.165, 1.54) is 12.1 Å². The first-order valence-electron chi connectivity index (χ1n) is 7.36. The summed E-state index contributed by atoms with van der Waals surface area (Å²) in [6.07, 6.45) is 8.51. The van der Waals surface area contributed by atoms with Gasteiger partial charge in [0.15, 0.2) is 0 Å². The van der Waals surface area contributed by atoms with Crippen LogP contribution in [-0.4, -0.2) is 21.8 Å². The van der Waals surface area contributed by atoms with Gasteiger partial charge in [0.25, 0.3) is 0 Å². The second-order valence-electron chi connectivity index (χ2n) is 5.41. The molecule has 0 aliphatic heterocycles. The van der Waals surface area contributed by atoms with Crippen molar-refractivity contribution in [2.45, 2.75) is 25.4 Å². The van der Waals surface area contributed by atoms with E-state index in [4.69, 9.17) is 0 Å². The summed E-state index contributed by atoms with van der Waals surface area (Å²) in [7, 11) is 0. The lowest BCUT2D eigenvalue weighted by Gasteiger charge is -2.20. The Kier molecular flexibility index (Phi) is 4.28. The molecule has 0 saturated heterocycles. The molecule has 0 N–H and O–H groups in total. The lowest BCUT2D eigenvalue weighted by atomic mass is 10.2. The molecule has 1 aromatic carbocycles. The maximum Gasteiger partial charge on any atom is 0.247 e. The van der Waals surface area contributed by atoms with Crippen LogP contribution in [0.3, 0.4) is 0 Å². The number of amides is 1. The molecule has 22 heavy (non-hydrogen) atoms. The Morgan fingerprint density at radius 1 is 1.23 bits per heavy atom. The molecule has 0 unspecified atom stereocenters. The van der Waals surface area contributed by atoms with Gasteiger partial charge in [-0.15, -0.1) is 0 Å². The minimum atomic E-state index is -0.321. The molecule has 1 aliphatic rings. The zero-order valence-electron chi connectivity index (χ0n) is 12.2. The van der Waals surface area contributed by atoms with Crippen LogP contribution in [0.2, 0.25) is 0 Å². The fourth-order valence-electron chi connectivity index (χ4n) is 2.33. The smallest absolute Gasteiger partial charge is 0.247 e. The average Bonchev–Trinajstić information content (AvgIpc) is 3.37. The van der Waals surface area contributed by atoms with Crippen LogP contribution in [0.1, 0.15) is 24.0 Å². The topological polar surface area (TPSA) is 33.2 Å². The summed E-state index contributed by atoms with van der Waals surface area (Å²) in [4.78, 5) is 18.2. The summed E-state index contributed by atoms with van der Waals surface area (Å²) in [5.74, 6) is -0.402. The number of nitrogens with zero attached hydrogens (tertiary/aromatic N) is 2. The van der Waals surface area contributed by atoms with Crippen molar-refractivity contribution in [3.63, 3.8) is 0 Å². The number of hydrogen-bond donors (Lipinski definition) is 0. The molecule has 1 saturated carbocycles. The first kappa shape index (κ1) is 14.4. The Hall–Kier alpha value is -2.49. The molecule has 1 aromatic heterocycles. The molecule has 1 heterocycles. The van der Waals surface area contributed by atoms with Crippen LogP contribution in [0, 0.1) is 5.82 Å². The number of halogens is 1. The van der Waals surface area contributed by atoms with Crippen molar-refractivity contribution < 1.29 is 9.18 Å². The summed E-state index contributed by atoms with van der Waals surface area (Å²) >= 11 is 0. The van der Waals surface area contributed by atoms with E-state index in [0.717, 1.165) is 18.4 Å². The van der Waals surface area contributed by atoms with Crippen molar-refractivity contribution in [2.24, 2.45) is 0 Å². The van der Waals surface area contributed by atoms with Crippen LogP contribution in [0.5, 0.6) is 0 Å². The molecule has 1 fully saturated rings. The monoisotopic (exact) mass is 296 g/mol. The maximum absolute atomic E-state index is 13.6. The molecule has 112 valence electrons. The maximum atomic E-state index is 13.6. The molecular formula is C18H17FN2O. The normalized spacial score (nSPS) is 14.2. The predicted molar refractivity (Wildman–Crippen MR) is 83.2 cm³/mol. The largest absolute Gasteiger partial charge is 0.332 e. The van der Waals surface area contributed by atoms with Crippen LogP contribution in [0.15, 0.2) is 54.9 Å². The lowest BCUT2D eigenvalue weighted by molar-refractivity contribution is -0.127. The zero-order valence-corrected chi connectivity index (χ0v) is 12.2. The molecular weight excluding hydrogens is 279 g/mol. The van der Waals surface area contributed by atoms with Gasteiger partial charge in [0.2, 0.25) is 5.91 Å². The van der Waals surface area contributed by atoms with Gasteiger partial charge in [-0.05, 0) is 42.7 Å². The summed E-state index contributed by atoms with van der Waals surface area (Å²) in [6, 6.07) is 10.5. The minimum Gasteiger partial charge on any atom is -0.332 e. The van der Waals surface area contributed by atoms with Gasteiger partial charge in [-0.1, -0.05) is 18.2 Å². The second kappa shape index (κ2) is 6.52. The number of hydrogen-bond acceptors (Lipinski definition) is 2. The van der Waals surface area contributed by atoms with E-state index in [-0.39, 0.29) is 11.7 Å². The first-order chi connectivity index (χ1) is 10.7. The zero-order chi connectivity index (χ0) is 15.4. The molecule has 0 radical (unpaired) electrons. The van der Waals surface area contributed by atoms with Gasteiger partial charge < -0.3 is 4.90 Å². The number of carbonyl (C=O) groups is 1. The Morgan fingerprint density at radius 2 is 1.95 bits per heavy atom. The predicted octanol–water partition coefficient (Wildman–Crippen LogP) is 3.43. The van der Waals surface area contributed by atoms with E-state index in [9.17, 15) is 9.18 Å². The highest BCUT2D eigenvalue weighted by Crippen LogP contribution is 2.28. The summed E-state index contributed by atoms with van der Waals surface area (Å²) in [6.45, 7) is 0.563. The number of carbonyl (C=O) groups excluding carboxylic acids is 1. The molecule has 0 bridgehead atoms. The standard InChI is InChI=1S/C18H17FN2O/c19-17-4-2-1-3-15(17)5-8-18(22)21(16-6-7-16)13-14-9-11-20-12-10-14/h1-5,8-12,16H,6-7,13H2/b8-5+. The molecule has 3 rings (SSSR count). The molecule has 1 amide bonds. The number of rotatable bonds is 5. The third-order valence-electron chi connectivity index (χ3n) is 3.68.